The minimum Gasteiger partial charge on any atom is -0.460 e. The average molecular weight is 323 g/mol. The summed E-state index contributed by atoms with van der Waals surface area (Å²) in [4.78, 5) is 12.0. The summed E-state index contributed by atoms with van der Waals surface area (Å²) in [5.74, 6) is 1.05. The smallest absolute Gasteiger partial charge is 0.276 e. The molecule has 0 atom stereocenters. The van der Waals surface area contributed by atoms with Crippen molar-refractivity contribution >= 4 is 21.9 Å². The topological polar surface area (TPSA) is 115 Å². The summed E-state index contributed by atoms with van der Waals surface area (Å²) in [7, 11) is -3.99. The number of aryl methyl sites for hydroxylation is 2. The van der Waals surface area contributed by atoms with Gasteiger partial charge in [-0.25, -0.2) is 0 Å². The number of nitro benzene ring substituents is 1. The molecule has 9 heteroatoms. The highest BCUT2D eigenvalue weighted by Gasteiger charge is 2.19. The van der Waals surface area contributed by atoms with Gasteiger partial charge < -0.3 is 4.42 Å². The van der Waals surface area contributed by atoms with Crippen molar-refractivity contribution < 1.29 is 17.8 Å². The van der Waals surface area contributed by atoms with Gasteiger partial charge >= 0.3 is 0 Å². The number of sulfonamides is 1. The molecule has 1 N–H and O–H groups in total. The van der Waals surface area contributed by atoms with E-state index in [2.05, 4.69) is 5.10 Å². The molecule has 0 aliphatic heterocycles. The van der Waals surface area contributed by atoms with Crippen molar-refractivity contribution in [1.29, 1.82) is 0 Å². The molecule has 8 nitrogen and oxygen atoms in total. The van der Waals surface area contributed by atoms with E-state index in [-0.39, 0.29) is 10.6 Å². The van der Waals surface area contributed by atoms with E-state index in [9.17, 15) is 18.5 Å². The number of benzene rings is 1. The van der Waals surface area contributed by atoms with E-state index in [0.717, 1.165) is 6.07 Å². The molecular formula is C13H13N3O5S. The maximum absolute atomic E-state index is 12.0. The molecule has 0 bridgehead atoms. The summed E-state index contributed by atoms with van der Waals surface area (Å²) in [6.45, 7) is 3.27. The minimum atomic E-state index is -3.99. The Morgan fingerprint density at radius 2 is 2.00 bits per heavy atom. The number of nitro groups is 1. The molecule has 1 aromatic carbocycles. The van der Waals surface area contributed by atoms with Crippen LogP contribution in [0.3, 0.4) is 0 Å². The van der Waals surface area contributed by atoms with E-state index in [0.29, 0.717) is 17.1 Å². The van der Waals surface area contributed by atoms with E-state index in [4.69, 9.17) is 4.42 Å². The Kier molecular flexibility index (Phi) is 4.27. The monoisotopic (exact) mass is 323 g/mol. The van der Waals surface area contributed by atoms with Crippen molar-refractivity contribution in [3.8, 4) is 0 Å². The van der Waals surface area contributed by atoms with Gasteiger partial charge in [0.15, 0.2) is 0 Å². The van der Waals surface area contributed by atoms with Crippen LogP contribution in [0.4, 0.5) is 5.69 Å². The largest absolute Gasteiger partial charge is 0.460 e. The van der Waals surface area contributed by atoms with E-state index >= 15 is 0 Å². The zero-order chi connectivity index (χ0) is 16.3. The lowest BCUT2D eigenvalue weighted by Crippen LogP contribution is -2.18. The molecule has 0 unspecified atom stereocenters. The quantitative estimate of drug-likeness (QED) is 0.514. The molecule has 1 aromatic heterocycles. The molecule has 0 aliphatic carbocycles. The Hall–Kier alpha value is -2.68. The summed E-state index contributed by atoms with van der Waals surface area (Å²) in [5.41, 5.74) is 0.104. The fourth-order valence-electron chi connectivity index (χ4n) is 1.69. The number of rotatable bonds is 5. The van der Waals surface area contributed by atoms with Gasteiger partial charge in [-0.2, -0.15) is 18.4 Å². The van der Waals surface area contributed by atoms with E-state index in [1.165, 1.54) is 25.3 Å². The number of hydrazone groups is 1. The zero-order valence-corrected chi connectivity index (χ0v) is 12.6. The van der Waals surface area contributed by atoms with Crippen molar-refractivity contribution in [2.45, 2.75) is 18.7 Å². The maximum atomic E-state index is 12.0. The highest BCUT2D eigenvalue weighted by Crippen LogP contribution is 2.21. The van der Waals surface area contributed by atoms with Gasteiger partial charge in [0.25, 0.3) is 15.7 Å². The molecule has 0 fully saturated rings. The van der Waals surface area contributed by atoms with Crippen LogP contribution in [0.15, 0.2) is 44.7 Å². The lowest BCUT2D eigenvalue weighted by molar-refractivity contribution is -0.385. The maximum Gasteiger partial charge on any atom is 0.276 e. The predicted octanol–water partition coefficient (Wildman–Crippen LogP) is 2.12. The van der Waals surface area contributed by atoms with Crippen molar-refractivity contribution in [3.63, 3.8) is 0 Å². The Bertz CT molecular complexity index is 839. The molecule has 0 radical (unpaired) electrons. The normalized spacial score (nSPS) is 11.7. The van der Waals surface area contributed by atoms with Crippen LogP contribution >= 0.6 is 0 Å². The molecule has 0 aliphatic rings. The third-order valence-electron chi connectivity index (χ3n) is 2.81. The van der Waals surface area contributed by atoms with Gasteiger partial charge in [-0.3, -0.25) is 10.1 Å². The molecule has 0 saturated carbocycles. The van der Waals surface area contributed by atoms with Gasteiger partial charge in [0, 0.05) is 11.6 Å². The predicted molar refractivity (Wildman–Crippen MR) is 79.2 cm³/mol. The summed E-state index contributed by atoms with van der Waals surface area (Å²) in [5, 5.41) is 14.4. The van der Waals surface area contributed by atoms with Crippen LogP contribution in [-0.2, 0) is 10.0 Å². The van der Waals surface area contributed by atoms with Crippen molar-refractivity contribution in [3.05, 3.63) is 57.5 Å². The third kappa shape index (κ3) is 3.50. The van der Waals surface area contributed by atoms with Crippen molar-refractivity contribution in [2.75, 3.05) is 0 Å². The first kappa shape index (κ1) is 15.7. The SMILES string of the molecule is Cc1ccc(/C=N/NS(=O)(=O)c2ccc(C)c([N+](=O)[O-])c2)o1. The second kappa shape index (κ2) is 5.98. The van der Waals surface area contributed by atoms with Gasteiger partial charge in [-0.1, -0.05) is 6.07 Å². The molecule has 2 rings (SSSR count). The average Bonchev–Trinajstić information content (AvgIpc) is 2.84. The zero-order valence-electron chi connectivity index (χ0n) is 11.8. The standard InChI is InChI=1S/C13H13N3O5S/c1-9-3-6-12(7-13(9)16(17)18)22(19,20)15-14-8-11-5-4-10(2)21-11/h3-8,15H,1-2H3/b14-8+. The van der Waals surface area contributed by atoms with Crippen LogP contribution in [0.2, 0.25) is 0 Å². The lowest BCUT2D eigenvalue weighted by Gasteiger charge is -2.04. The summed E-state index contributed by atoms with van der Waals surface area (Å²) >= 11 is 0. The fourth-order valence-corrected chi connectivity index (χ4v) is 2.50. The Morgan fingerprint density at radius 1 is 1.27 bits per heavy atom. The van der Waals surface area contributed by atoms with E-state index in [1.807, 2.05) is 4.83 Å². The Morgan fingerprint density at radius 3 is 2.59 bits per heavy atom. The van der Waals surface area contributed by atoms with Crippen LogP contribution in [0.1, 0.15) is 17.1 Å². The second-order valence-electron chi connectivity index (χ2n) is 4.51. The molecule has 0 saturated heterocycles. The lowest BCUT2D eigenvalue weighted by atomic mass is 10.2. The van der Waals surface area contributed by atoms with Crippen LogP contribution in [0.5, 0.6) is 0 Å². The molecule has 0 amide bonds. The van der Waals surface area contributed by atoms with Crippen LogP contribution in [0.25, 0.3) is 0 Å². The van der Waals surface area contributed by atoms with Gasteiger partial charge in [-0.15, -0.1) is 0 Å². The van der Waals surface area contributed by atoms with E-state index in [1.54, 1.807) is 19.1 Å². The summed E-state index contributed by atoms with van der Waals surface area (Å²) in [6.07, 6.45) is 1.20. The van der Waals surface area contributed by atoms with Gasteiger partial charge in [-0.05, 0) is 32.0 Å². The fraction of sp³-hybridized carbons (Fsp3) is 0.154. The third-order valence-corrected chi connectivity index (χ3v) is 4.03. The molecular weight excluding hydrogens is 310 g/mol. The highest BCUT2D eigenvalue weighted by atomic mass is 32.2. The highest BCUT2D eigenvalue weighted by molar-refractivity contribution is 7.89. The number of nitrogens with one attached hydrogen (secondary N) is 1. The van der Waals surface area contributed by atoms with Gasteiger partial charge in [0.1, 0.15) is 11.5 Å². The van der Waals surface area contributed by atoms with Crippen molar-refractivity contribution in [1.82, 2.24) is 4.83 Å². The van der Waals surface area contributed by atoms with Crippen LogP contribution < -0.4 is 4.83 Å². The number of hydrogen-bond donors (Lipinski definition) is 1. The Balaban J connectivity index is 2.22. The molecule has 0 spiro atoms. The summed E-state index contributed by atoms with van der Waals surface area (Å²) < 4.78 is 29.3. The number of nitrogens with zero attached hydrogens (tertiary/aromatic N) is 2. The number of hydrogen-bond acceptors (Lipinski definition) is 6. The first-order valence-electron chi connectivity index (χ1n) is 6.16. The molecule has 22 heavy (non-hydrogen) atoms. The minimum absolute atomic E-state index is 0.238. The molecule has 1 heterocycles. The number of furan rings is 1. The van der Waals surface area contributed by atoms with Gasteiger partial charge in [0.2, 0.25) is 0 Å². The summed E-state index contributed by atoms with van der Waals surface area (Å²) in [6, 6.07) is 6.97. The van der Waals surface area contributed by atoms with Gasteiger partial charge in [0.05, 0.1) is 16.0 Å². The van der Waals surface area contributed by atoms with Crippen LogP contribution in [0, 0.1) is 24.0 Å². The molecule has 116 valence electrons. The molecule has 2 aromatic rings. The van der Waals surface area contributed by atoms with Crippen LogP contribution in [-0.4, -0.2) is 19.6 Å². The first-order valence-corrected chi connectivity index (χ1v) is 7.64. The second-order valence-corrected chi connectivity index (χ2v) is 6.17. The first-order chi connectivity index (χ1) is 10.3. The Labute approximate surface area is 126 Å². The van der Waals surface area contributed by atoms with Crippen molar-refractivity contribution in [2.24, 2.45) is 5.10 Å². The van der Waals surface area contributed by atoms with E-state index < -0.39 is 14.9 Å².